The molecule has 1 amide bonds. The summed E-state index contributed by atoms with van der Waals surface area (Å²) in [5.74, 6) is 0.412. The summed E-state index contributed by atoms with van der Waals surface area (Å²) in [6, 6.07) is 15.4. The number of anilines is 1. The van der Waals surface area contributed by atoms with Gasteiger partial charge in [0.05, 0.1) is 6.54 Å². The van der Waals surface area contributed by atoms with Crippen LogP contribution in [0.4, 0.5) is 5.82 Å². The summed E-state index contributed by atoms with van der Waals surface area (Å²) >= 11 is 5.92. The van der Waals surface area contributed by atoms with Crippen molar-refractivity contribution in [3.05, 3.63) is 81.5 Å². The van der Waals surface area contributed by atoms with Gasteiger partial charge in [-0.25, -0.2) is 0 Å². The average molecular weight is 354 g/mol. The van der Waals surface area contributed by atoms with Crippen LogP contribution < -0.4 is 5.32 Å². The van der Waals surface area contributed by atoms with Gasteiger partial charge in [0.25, 0.3) is 5.91 Å². The third-order valence-corrected chi connectivity index (χ3v) is 4.36. The first-order chi connectivity index (χ1) is 11.9. The smallest absolute Gasteiger partial charge is 0.257 e. The van der Waals surface area contributed by atoms with E-state index in [0.717, 1.165) is 22.4 Å². The van der Waals surface area contributed by atoms with Crippen molar-refractivity contribution in [2.45, 2.75) is 27.3 Å². The molecule has 0 spiro atoms. The van der Waals surface area contributed by atoms with E-state index in [9.17, 15) is 4.79 Å². The highest BCUT2D eigenvalue weighted by atomic mass is 35.5. The second-order valence-electron chi connectivity index (χ2n) is 6.23. The Bertz CT molecular complexity index is 913. The summed E-state index contributed by atoms with van der Waals surface area (Å²) in [6.07, 6.45) is 0. The largest absolute Gasteiger partial charge is 0.305 e. The molecule has 0 atom stereocenters. The van der Waals surface area contributed by atoms with Crippen LogP contribution in [0.5, 0.6) is 0 Å². The number of benzene rings is 2. The Hall–Kier alpha value is -2.59. The van der Waals surface area contributed by atoms with Crippen molar-refractivity contribution in [1.82, 2.24) is 9.78 Å². The molecule has 1 aromatic heterocycles. The van der Waals surface area contributed by atoms with Crippen molar-refractivity contribution in [2.24, 2.45) is 0 Å². The highest BCUT2D eigenvalue weighted by Crippen LogP contribution is 2.16. The number of carbonyl (C=O) groups is 1. The average Bonchev–Trinajstić information content (AvgIpc) is 2.91. The molecule has 128 valence electrons. The topological polar surface area (TPSA) is 46.9 Å². The molecule has 0 aliphatic carbocycles. The van der Waals surface area contributed by atoms with Crippen molar-refractivity contribution in [2.75, 3.05) is 5.32 Å². The lowest BCUT2D eigenvalue weighted by atomic mass is 10.1. The number of hydrogen-bond donors (Lipinski definition) is 1. The van der Waals surface area contributed by atoms with Crippen LogP contribution in [0.1, 0.15) is 32.7 Å². The van der Waals surface area contributed by atoms with Crippen molar-refractivity contribution in [3.63, 3.8) is 0 Å². The summed E-state index contributed by atoms with van der Waals surface area (Å²) in [7, 11) is 0. The summed E-state index contributed by atoms with van der Waals surface area (Å²) in [6.45, 7) is 6.50. The highest BCUT2D eigenvalue weighted by Gasteiger charge is 2.12. The predicted octanol–water partition coefficient (Wildman–Crippen LogP) is 4.76. The van der Waals surface area contributed by atoms with E-state index >= 15 is 0 Å². The molecule has 0 fully saturated rings. The lowest BCUT2D eigenvalue weighted by Crippen LogP contribution is -2.14. The Kier molecular flexibility index (Phi) is 4.91. The molecule has 3 rings (SSSR count). The third-order valence-electron chi connectivity index (χ3n) is 4.11. The number of aryl methyl sites for hydroxylation is 3. The predicted molar refractivity (Wildman–Crippen MR) is 101 cm³/mol. The molecule has 0 saturated carbocycles. The first kappa shape index (κ1) is 17.2. The zero-order valence-electron chi connectivity index (χ0n) is 14.5. The first-order valence-corrected chi connectivity index (χ1v) is 8.47. The molecule has 0 unspecified atom stereocenters. The van der Waals surface area contributed by atoms with E-state index in [1.807, 2.05) is 74.0 Å². The Morgan fingerprint density at radius 3 is 2.52 bits per heavy atom. The number of nitrogens with one attached hydrogen (secondary N) is 1. The summed E-state index contributed by atoms with van der Waals surface area (Å²) in [4.78, 5) is 12.5. The summed E-state index contributed by atoms with van der Waals surface area (Å²) < 4.78 is 1.86. The van der Waals surface area contributed by atoms with E-state index in [1.54, 1.807) is 0 Å². The molecule has 1 N–H and O–H groups in total. The number of aromatic nitrogens is 2. The van der Waals surface area contributed by atoms with Crippen LogP contribution >= 0.6 is 11.6 Å². The Labute approximate surface area is 152 Å². The number of hydrogen-bond acceptors (Lipinski definition) is 2. The molecular weight excluding hydrogens is 334 g/mol. The van der Waals surface area contributed by atoms with Crippen LogP contribution in [0.15, 0.2) is 48.5 Å². The van der Waals surface area contributed by atoms with Crippen LogP contribution in [0.3, 0.4) is 0 Å². The molecule has 1 heterocycles. The van der Waals surface area contributed by atoms with Crippen molar-refractivity contribution >= 4 is 23.3 Å². The fourth-order valence-corrected chi connectivity index (χ4v) is 2.78. The molecule has 4 nitrogen and oxygen atoms in total. The lowest BCUT2D eigenvalue weighted by Gasteiger charge is -2.07. The SMILES string of the molecule is Cc1ccc(C)c(C(=O)Nc2cc(C)n(Cc3ccc(Cl)cc3)n2)c1. The van der Waals surface area contributed by atoms with E-state index in [2.05, 4.69) is 10.4 Å². The molecule has 0 saturated heterocycles. The molecule has 0 radical (unpaired) electrons. The normalized spacial score (nSPS) is 10.7. The monoisotopic (exact) mass is 353 g/mol. The van der Waals surface area contributed by atoms with E-state index in [4.69, 9.17) is 11.6 Å². The second-order valence-corrected chi connectivity index (χ2v) is 6.66. The first-order valence-electron chi connectivity index (χ1n) is 8.10. The quantitative estimate of drug-likeness (QED) is 0.734. The molecule has 0 aliphatic rings. The summed E-state index contributed by atoms with van der Waals surface area (Å²) in [5, 5.41) is 8.10. The van der Waals surface area contributed by atoms with Gasteiger partial charge < -0.3 is 5.32 Å². The maximum atomic E-state index is 12.5. The number of rotatable bonds is 4. The van der Waals surface area contributed by atoms with Gasteiger partial charge in [-0.2, -0.15) is 5.10 Å². The van der Waals surface area contributed by atoms with Crippen LogP contribution in [-0.2, 0) is 6.54 Å². The zero-order chi connectivity index (χ0) is 18.0. The van der Waals surface area contributed by atoms with Gasteiger partial charge in [-0.15, -0.1) is 0 Å². The van der Waals surface area contributed by atoms with E-state index in [-0.39, 0.29) is 5.91 Å². The van der Waals surface area contributed by atoms with E-state index in [0.29, 0.717) is 22.9 Å². The number of amides is 1. The van der Waals surface area contributed by atoms with Gasteiger partial charge in [-0.1, -0.05) is 41.4 Å². The van der Waals surface area contributed by atoms with E-state index < -0.39 is 0 Å². The van der Waals surface area contributed by atoms with E-state index in [1.165, 1.54) is 0 Å². The number of halogens is 1. The highest BCUT2D eigenvalue weighted by molar-refractivity contribution is 6.30. The standard InChI is InChI=1S/C20H20ClN3O/c1-13-4-5-14(2)18(10-13)20(25)22-19-11-15(3)24(23-19)12-16-6-8-17(21)9-7-16/h4-11H,12H2,1-3H3,(H,22,23,25). The van der Waals surface area contributed by atoms with Crippen LogP contribution in [-0.4, -0.2) is 15.7 Å². The van der Waals surface area contributed by atoms with Gasteiger partial charge in [-0.3, -0.25) is 9.48 Å². The van der Waals surface area contributed by atoms with Gasteiger partial charge in [0, 0.05) is 22.3 Å². The number of carbonyl (C=O) groups excluding carboxylic acids is 1. The van der Waals surface area contributed by atoms with Crippen LogP contribution in [0.2, 0.25) is 5.02 Å². The lowest BCUT2D eigenvalue weighted by molar-refractivity contribution is 0.102. The molecule has 0 aliphatic heterocycles. The maximum absolute atomic E-state index is 12.5. The maximum Gasteiger partial charge on any atom is 0.257 e. The minimum Gasteiger partial charge on any atom is -0.305 e. The fraction of sp³-hybridized carbons (Fsp3) is 0.200. The second kappa shape index (κ2) is 7.11. The molecule has 5 heteroatoms. The minimum absolute atomic E-state index is 0.141. The van der Waals surface area contributed by atoms with Gasteiger partial charge in [-0.05, 0) is 50.1 Å². The molecule has 2 aromatic carbocycles. The fourth-order valence-electron chi connectivity index (χ4n) is 2.66. The Morgan fingerprint density at radius 2 is 1.80 bits per heavy atom. The summed E-state index contributed by atoms with van der Waals surface area (Å²) in [5.41, 5.74) is 4.75. The van der Waals surface area contributed by atoms with Crippen molar-refractivity contribution in [1.29, 1.82) is 0 Å². The Morgan fingerprint density at radius 1 is 1.08 bits per heavy atom. The van der Waals surface area contributed by atoms with Crippen molar-refractivity contribution < 1.29 is 4.79 Å². The minimum atomic E-state index is -0.141. The van der Waals surface area contributed by atoms with Crippen LogP contribution in [0, 0.1) is 20.8 Å². The number of nitrogens with zero attached hydrogens (tertiary/aromatic N) is 2. The van der Waals surface area contributed by atoms with Crippen LogP contribution in [0.25, 0.3) is 0 Å². The zero-order valence-corrected chi connectivity index (χ0v) is 15.3. The van der Waals surface area contributed by atoms with Gasteiger partial charge in [0.2, 0.25) is 0 Å². The molecule has 3 aromatic rings. The van der Waals surface area contributed by atoms with Crippen molar-refractivity contribution in [3.8, 4) is 0 Å². The molecule has 0 bridgehead atoms. The molecule has 25 heavy (non-hydrogen) atoms. The molecular formula is C20H20ClN3O. The van der Waals surface area contributed by atoms with Gasteiger partial charge >= 0.3 is 0 Å². The Balaban J connectivity index is 1.77. The van der Waals surface area contributed by atoms with Gasteiger partial charge in [0.15, 0.2) is 5.82 Å². The van der Waals surface area contributed by atoms with Gasteiger partial charge in [0.1, 0.15) is 0 Å². The third kappa shape index (κ3) is 4.09.